The third-order valence-corrected chi connectivity index (χ3v) is 2.12. The van der Waals surface area contributed by atoms with Crippen LogP contribution in [0.5, 0.6) is 5.75 Å². The van der Waals surface area contributed by atoms with Gasteiger partial charge in [-0.3, -0.25) is 4.89 Å². The Bertz CT molecular complexity index is 381. The molecule has 0 aromatic heterocycles. The molecule has 1 aromatic rings. The Kier molecular flexibility index (Phi) is 3.22. The van der Waals surface area contributed by atoms with Crippen LogP contribution >= 0.6 is 0 Å². The minimum Gasteiger partial charge on any atom is -0.373 e. The van der Waals surface area contributed by atoms with Crippen molar-refractivity contribution in [2.24, 2.45) is 0 Å². The Balaban J connectivity index is 1.76. The van der Waals surface area contributed by atoms with Gasteiger partial charge in [-0.05, 0) is 12.1 Å². The van der Waals surface area contributed by atoms with Crippen LogP contribution < -0.4 is 4.89 Å². The molecule has 2 rings (SSSR count). The predicted octanol–water partition coefficient (Wildman–Crippen LogP) is 1.87. The summed E-state index contributed by atoms with van der Waals surface area (Å²) < 4.78 is 4.98. The van der Waals surface area contributed by atoms with E-state index < -0.39 is 5.97 Å². The predicted molar refractivity (Wildman–Crippen MR) is 56.7 cm³/mol. The third-order valence-electron chi connectivity index (χ3n) is 2.12. The SMILES string of the molecule is C=C(CC1CO1)C(=O)OOc1ccccc1. The molecular weight excluding hydrogens is 208 g/mol. The van der Waals surface area contributed by atoms with Crippen LogP contribution in [0.4, 0.5) is 0 Å². The summed E-state index contributed by atoms with van der Waals surface area (Å²) in [5.74, 6) is -0.0781. The molecule has 0 radical (unpaired) electrons. The number of para-hydroxylation sites is 1. The van der Waals surface area contributed by atoms with Gasteiger partial charge in [-0.2, -0.15) is 0 Å². The zero-order chi connectivity index (χ0) is 11.4. The number of benzene rings is 1. The maximum absolute atomic E-state index is 11.4. The van der Waals surface area contributed by atoms with Crippen LogP contribution in [0.15, 0.2) is 42.5 Å². The van der Waals surface area contributed by atoms with E-state index in [4.69, 9.17) is 9.62 Å². The number of carbonyl (C=O) groups is 1. The van der Waals surface area contributed by atoms with Gasteiger partial charge >= 0.3 is 5.97 Å². The molecule has 0 amide bonds. The van der Waals surface area contributed by atoms with E-state index in [-0.39, 0.29) is 6.10 Å². The Labute approximate surface area is 93.4 Å². The summed E-state index contributed by atoms with van der Waals surface area (Å²) in [6.45, 7) is 4.30. The van der Waals surface area contributed by atoms with E-state index in [0.29, 0.717) is 24.4 Å². The van der Waals surface area contributed by atoms with Gasteiger partial charge in [0.25, 0.3) is 0 Å². The second-order valence-electron chi connectivity index (χ2n) is 3.53. The van der Waals surface area contributed by atoms with Gasteiger partial charge in [0, 0.05) is 12.0 Å². The summed E-state index contributed by atoms with van der Waals surface area (Å²) in [6, 6.07) is 8.81. The summed E-state index contributed by atoms with van der Waals surface area (Å²) in [7, 11) is 0. The average Bonchev–Trinajstić information content (AvgIpc) is 3.11. The molecule has 4 heteroatoms. The van der Waals surface area contributed by atoms with Gasteiger partial charge in [0.1, 0.15) is 0 Å². The van der Waals surface area contributed by atoms with Crippen molar-refractivity contribution in [1.29, 1.82) is 0 Å². The molecule has 1 fully saturated rings. The lowest BCUT2D eigenvalue weighted by molar-refractivity contribution is -0.208. The molecule has 0 spiro atoms. The second kappa shape index (κ2) is 4.81. The molecule has 0 aliphatic carbocycles. The number of hydrogen-bond acceptors (Lipinski definition) is 4. The highest BCUT2D eigenvalue weighted by atomic mass is 17.2. The summed E-state index contributed by atoms with van der Waals surface area (Å²) in [5.41, 5.74) is 0.360. The number of epoxide rings is 1. The van der Waals surface area contributed by atoms with Gasteiger partial charge in [-0.15, -0.1) is 0 Å². The van der Waals surface area contributed by atoms with Crippen LogP contribution in [0.2, 0.25) is 0 Å². The maximum Gasteiger partial charge on any atom is 0.381 e. The van der Waals surface area contributed by atoms with Gasteiger partial charge < -0.3 is 4.74 Å². The van der Waals surface area contributed by atoms with Gasteiger partial charge in [-0.25, -0.2) is 9.68 Å². The van der Waals surface area contributed by atoms with Crippen molar-refractivity contribution in [1.82, 2.24) is 0 Å². The highest BCUT2D eigenvalue weighted by molar-refractivity contribution is 5.87. The van der Waals surface area contributed by atoms with Crippen LogP contribution in [0.1, 0.15) is 6.42 Å². The maximum atomic E-state index is 11.4. The molecule has 1 heterocycles. The minimum atomic E-state index is -0.556. The first-order valence-corrected chi connectivity index (χ1v) is 4.99. The van der Waals surface area contributed by atoms with Crippen molar-refractivity contribution in [2.45, 2.75) is 12.5 Å². The molecular formula is C12H12O4. The van der Waals surface area contributed by atoms with E-state index in [1.54, 1.807) is 24.3 Å². The standard InChI is InChI=1S/C12H12O4/c1-9(7-11-8-14-11)12(13)16-15-10-5-3-2-4-6-10/h2-6,11H,1,7-8H2. The molecule has 1 aliphatic rings. The molecule has 1 saturated heterocycles. The summed E-state index contributed by atoms with van der Waals surface area (Å²) >= 11 is 0. The van der Waals surface area contributed by atoms with E-state index in [9.17, 15) is 4.79 Å². The van der Waals surface area contributed by atoms with E-state index in [0.717, 1.165) is 0 Å². The summed E-state index contributed by atoms with van der Waals surface area (Å²) in [5, 5.41) is 0. The molecule has 84 valence electrons. The fraction of sp³-hybridized carbons (Fsp3) is 0.250. The van der Waals surface area contributed by atoms with Crippen molar-refractivity contribution in [3.05, 3.63) is 42.5 Å². The molecule has 0 bridgehead atoms. The molecule has 1 aromatic carbocycles. The highest BCUT2D eigenvalue weighted by Gasteiger charge is 2.26. The lowest BCUT2D eigenvalue weighted by atomic mass is 10.2. The lowest BCUT2D eigenvalue weighted by Gasteiger charge is -2.04. The van der Waals surface area contributed by atoms with Crippen LogP contribution in [0.25, 0.3) is 0 Å². The zero-order valence-corrected chi connectivity index (χ0v) is 8.72. The molecule has 0 saturated carbocycles. The van der Waals surface area contributed by atoms with E-state index >= 15 is 0 Å². The lowest BCUT2D eigenvalue weighted by Crippen LogP contribution is -2.11. The molecule has 1 unspecified atom stereocenters. The van der Waals surface area contributed by atoms with Crippen LogP contribution in [0.3, 0.4) is 0 Å². The normalized spacial score (nSPS) is 17.6. The smallest absolute Gasteiger partial charge is 0.373 e. The van der Waals surface area contributed by atoms with Gasteiger partial charge in [-0.1, -0.05) is 24.8 Å². The van der Waals surface area contributed by atoms with Crippen LogP contribution in [0, 0.1) is 0 Å². The topological polar surface area (TPSA) is 48.1 Å². The van der Waals surface area contributed by atoms with Crippen molar-refractivity contribution in [3.63, 3.8) is 0 Å². The highest BCUT2D eigenvalue weighted by Crippen LogP contribution is 2.19. The number of ether oxygens (including phenoxy) is 1. The number of hydrogen-bond donors (Lipinski definition) is 0. The monoisotopic (exact) mass is 220 g/mol. The van der Waals surface area contributed by atoms with Crippen molar-refractivity contribution in [3.8, 4) is 5.75 Å². The molecule has 16 heavy (non-hydrogen) atoms. The van der Waals surface area contributed by atoms with Crippen molar-refractivity contribution >= 4 is 5.97 Å². The van der Waals surface area contributed by atoms with Crippen LogP contribution in [-0.2, 0) is 14.4 Å². The second-order valence-corrected chi connectivity index (χ2v) is 3.53. The molecule has 1 atom stereocenters. The van der Waals surface area contributed by atoms with Gasteiger partial charge in [0.2, 0.25) is 0 Å². The van der Waals surface area contributed by atoms with Crippen molar-refractivity contribution in [2.75, 3.05) is 6.61 Å². The largest absolute Gasteiger partial charge is 0.381 e. The first-order valence-electron chi connectivity index (χ1n) is 4.99. The Morgan fingerprint density at radius 3 is 2.75 bits per heavy atom. The third kappa shape index (κ3) is 3.10. The van der Waals surface area contributed by atoms with Gasteiger partial charge in [0.05, 0.1) is 12.7 Å². The quantitative estimate of drug-likeness (QED) is 0.329. The average molecular weight is 220 g/mol. The Hall–Kier alpha value is -1.81. The number of rotatable bonds is 5. The first-order chi connectivity index (χ1) is 7.75. The Morgan fingerprint density at radius 1 is 1.44 bits per heavy atom. The van der Waals surface area contributed by atoms with Crippen molar-refractivity contribution < 1.29 is 19.3 Å². The minimum absolute atomic E-state index is 0.122. The Morgan fingerprint density at radius 2 is 2.12 bits per heavy atom. The fourth-order valence-electron chi connectivity index (χ4n) is 1.16. The zero-order valence-electron chi connectivity index (χ0n) is 8.72. The van der Waals surface area contributed by atoms with E-state index in [1.165, 1.54) is 0 Å². The fourth-order valence-corrected chi connectivity index (χ4v) is 1.16. The van der Waals surface area contributed by atoms with E-state index in [2.05, 4.69) is 11.5 Å². The molecule has 4 nitrogen and oxygen atoms in total. The van der Waals surface area contributed by atoms with Gasteiger partial charge in [0.15, 0.2) is 5.75 Å². The first kappa shape index (κ1) is 10.7. The summed E-state index contributed by atoms with van der Waals surface area (Å²) in [4.78, 5) is 20.8. The summed E-state index contributed by atoms with van der Waals surface area (Å²) in [6.07, 6.45) is 0.619. The van der Waals surface area contributed by atoms with Crippen LogP contribution in [-0.4, -0.2) is 18.7 Å². The molecule has 0 N–H and O–H groups in total. The van der Waals surface area contributed by atoms with E-state index in [1.807, 2.05) is 6.07 Å². The molecule has 1 aliphatic heterocycles. The number of carbonyl (C=O) groups excluding carboxylic acids is 1.